The number of aliphatic imine (C=N–C) groups is 1. The zero-order valence-corrected chi connectivity index (χ0v) is 26.4. The molecule has 1 aromatic heterocycles. The van der Waals surface area contributed by atoms with Crippen LogP contribution in [0, 0.1) is 0 Å². The molecule has 5 nitrogen and oxygen atoms in total. The van der Waals surface area contributed by atoms with Crippen LogP contribution in [0.5, 0.6) is 5.75 Å². The molecule has 0 aliphatic heterocycles. The van der Waals surface area contributed by atoms with Gasteiger partial charge in [-0.25, -0.2) is 0 Å². The van der Waals surface area contributed by atoms with Crippen molar-refractivity contribution in [3.63, 3.8) is 0 Å². The van der Waals surface area contributed by atoms with Crippen LogP contribution < -0.4 is 5.32 Å². The number of nitrogens with one attached hydrogen (secondary N) is 1. The summed E-state index contributed by atoms with van der Waals surface area (Å²) in [5, 5.41) is 16.2. The molecule has 4 aromatic carbocycles. The number of carbonyl (C=O) groups is 1. The number of ketones is 1. The van der Waals surface area contributed by atoms with Gasteiger partial charge in [0, 0.05) is 56.2 Å². The van der Waals surface area contributed by atoms with Crippen molar-refractivity contribution in [2.45, 2.75) is 32.6 Å². The molecule has 43 heavy (non-hydrogen) atoms. The predicted molar refractivity (Wildman–Crippen MR) is 182 cm³/mol. The van der Waals surface area contributed by atoms with Crippen molar-refractivity contribution in [2.75, 3.05) is 5.32 Å². The first-order chi connectivity index (χ1) is 20.5. The average Bonchev–Trinajstić information content (AvgIpc) is 2.97. The van der Waals surface area contributed by atoms with Crippen molar-refractivity contribution in [3.8, 4) is 5.75 Å². The molecule has 5 aromatic rings. The van der Waals surface area contributed by atoms with E-state index in [4.69, 9.17) is 11.6 Å². The van der Waals surface area contributed by atoms with E-state index >= 15 is 0 Å². The second-order valence-corrected chi connectivity index (χ2v) is 12.7. The number of rotatable bonds is 8. The smallest absolute Gasteiger partial charge is 0.160 e. The lowest BCUT2D eigenvalue weighted by molar-refractivity contribution is -0.113. The number of carbonyl (C=O) groups excluding carboxylic acids is 1. The van der Waals surface area contributed by atoms with Crippen LogP contribution in [0.15, 0.2) is 107 Å². The topological polar surface area (TPSA) is 74.6 Å². The first kappa shape index (κ1) is 30.2. The van der Waals surface area contributed by atoms with Gasteiger partial charge in [-0.3, -0.25) is 14.8 Å². The molecule has 0 amide bonds. The van der Waals surface area contributed by atoms with Crippen molar-refractivity contribution in [1.82, 2.24) is 4.98 Å². The summed E-state index contributed by atoms with van der Waals surface area (Å²) in [6, 6.07) is 26.8. The quantitative estimate of drug-likeness (QED) is 0.129. The minimum atomic E-state index is -0.312. The van der Waals surface area contributed by atoms with E-state index < -0.39 is 0 Å². The second kappa shape index (κ2) is 12.9. The zero-order chi connectivity index (χ0) is 30.6. The number of fused-ring (bicyclic) bond motifs is 1. The fraction of sp³-hybridized carbons (Fsp3) is 0.139. The number of aromatic hydroxyl groups is 1. The highest BCUT2D eigenvalue weighted by Crippen LogP contribution is 2.35. The van der Waals surface area contributed by atoms with Gasteiger partial charge in [0.1, 0.15) is 5.75 Å². The third-order valence-corrected chi connectivity index (χ3v) is 7.69. The minimum Gasteiger partial charge on any atom is -0.507 e. The molecule has 216 valence electrons. The zero-order valence-electron chi connectivity index (χ0n) is 24.1. The lowest BCUT2D eigenvalue weighted by atomic mass is 9.84. The van der Waals surface area contributed by atoms with E-state index in [0.29, 0.717) is 17.0 Å². The summed E-state index contributed by atoms with van der Waals surface area (Å²) in [6.07, 6.45) is 7.12. The summed E-state index contributed by atoms with van der Waals surface area (Å²) >= 11 is 9.55. The highest BCUT2D eigenvalue weighted by molar-refractivity contribution is 9.10. The fourth-order valence-electron chi connectivity index (χ4n) is 4.66. The van der Waals surface area contributed by atoms with Gasteiger partial charge < -0.3 is 10.4 Å². The Bertz CT molecular complexity index is 1840. The Balaban J connectivity index is 1.35. The highest BCUT2D eigenvalue weighted by Gasteiger charge is 2.20. The van der Waals surface area contributed by atoms with Crippen LogP contribution in [0.3, 0.4) is 0 Å². The Morgan fingerprint density at radius 3 is 2.47 bits per heavy atom. The number of hydrogen-bond donors (Lipinski definition) is 2. The molecule has 0 aliphatic carbocycles. The van der Waals surface area contributed by atoms with Crippen LogP contribution in [0.1, 0.15) is 43.0 Å². The second-order valence-electron chi connectivity index (χ2n) is 11.3. The van der Waals surface area contributed by atoms with Crippen molar-refractivity contribution < 1.29 is 9.90 Å². The molecule has 1 heterocycles. The van der Waals surface area contributed by atoms with Gasteiger partial charge in [-0.15, -0.1) is 0 Å². The van der Waals surface area contributed by atoms with E-state index in [9.17, 15) is 9.90 Å². The van der Waals surface area contributed by atoms with Gasteiger partial charge in [-0.2, -0.15) is 0 Å². The molecule has 5 rings (SSSR count). The van der Waals surface area contributed by atoms with Gasteiger partial charge >= 0.3 is 0 Å². The standard InChI is InChI=1S/C36H31BrClN3O2/c1-36(2,3)32-20-24(6-14-30(42)19-23-4-7-26(37)8-5-23)18-25(35(32)43)22-40-28-10-12-29(13-11-28)41-33-16-17-39-34-21-27(38)9-15-31(33)34/h4-18,20-22,43H,19H2,1-3H3,(H,39,41)/b14-6+,40-22?. The number of benzene rings is 4. The maximum absolute atomic E-state index is 12.6. The van der Waals surface area contributed by atoms with Gasteiger partial charge in [0.05, 0.1) is 11.2 Å². The van der Waals surface area contributed by atoms with Crippen LogP contribution >= 0.6 is 27.5 Å². The maximum atomic E-state index is 12.6. The number of halogens is 2. The summed E-state index contributed by atoms with van der Waals surface area (Å²) in [4.78, 5) is 21.7. The number of phenols is 1. The number of anilines is 2. The number of nitrogens with zero attached hydrogens (tertiary/aromatic N) is 2. The molecule has 7 heteroatoms. The Kier molecular flexibility index (Phi) is 9.09. The Morgan fingerprint density at radius 2 is 1.74 bits per heavy atom. The molecule has 0 unspecified atom stereocenters. The summed E-state index contributed by atoms with van der Waals surface area (Å²) in [5.74, 6) is 0.178. The number of allylic oxidation sites excluding steroid dienone is 1. The van der Waals surface area contributed by atoms with Crippen LogP contribution in [-0.4, -0.2) is 22.1 Å². The van der Waals surface area contributed by atoms with Crippen LogP contribution in [0.25, 0.3) is 17.0 Å². The van der Waals surface area contributed by atoms with E-state index in [1.165, 1.54) is 0 Å². The first-order valence-corrected chi connectivity index (χ1v) is 15.0. The summed E-state index contributed by atoms with van der Waals surface area (Å²) in [7, 11) is 0. The summed E-state index contributed by atoms with van der Waals surface area (Å²) in [5.41, 5.74) is 6.20. The lowest BCUT2D eigenvalue weighted by Crippen LogP contribution is -2.12. The Labute approximate surface area is 265 Å². The molecule has 0 spiro atoms. The minimum absolute atomic E-state index is 0.000170. The van der Waals surface area contributed by atoms with E-state index in [-0.39, 0.29) is 16.9 Å². The highest BCUT2D eigenvalue weighted by atomic mass is 79.9. The number of pyridine rings is 1. The molecule has 0 atom stereocenters. The van der Waals surface area contributed by atoms with E-state index in [2.05, 4.69) is 31.2 Å². The molecule has 0 bridgehead atoms. The van der Waals surface area contributed by atoms with E-state index in [0.717, 1.165) is 49.1 Å². The molecule has 2 N–H and O–H groups in total. The number of aromatic nitrogens is 1. The van der Waals surface area contributed by atoms with Crippen molar-refractivity contribution >= 4 is 73.6 Å². The van der Waals surface area contributed by atoms with Crippen molar-refractivity contribution in [3.05, 3.63) is 129 Å². The van der Waals surface area contributed by atoms with Gasteiger partial charge in [0.2, 0.25) is 0 Å². The first-order valence-electron chi connectivity index (χ1n) is 13.8. The Hall–Kier alpha value is -4.26. The molecule has 0 aliphatic rings. The molecule has 0 radical (unpaired) electrons. The number of phenolic OH excluding ortho intramolecular Hbond substituents is 1. The largest absolute Gasteiger partial charge is 0.507 e. The monoisotopic (exact) mass is 651 g/mol. The summed E-state index contributed by atoms with van der Waals surface area (Å²) < 4.78 is 0.977. The third kappa shape index (κ3) is 7.78. The molecule has 0 saturated carbocycles. The molecule has 0 saturated heterocycles. The normalized spacial score (nSPS) is 11.9. The van der Waals surface area contributed by atoms with Crippen molar-refractivity contribution in [1.29, 1.82) is 0 Å². The Morgan fingerprint density at radius 1 is 1.00 bits per heavy atom. The molecular weight excluding hydrogens is 622 g/mol. The molecule has 0 fully saturated rings. The van der Waals surface area contributed by atoms with Gasteiger partial charge in [-0.05, 0) is 95.4 Å². The van der Waals surface area contributed by atoms with Crippen LogP contribution in [0.2, 0.25) is 5.02 Å². The van der Waals surface area contributed by atoms with E-state index in [1.807, 2.05) is 106 Å². The van der Waals surface area contributed by atoms with Crippen molar-refractivity contribution in [2.24, 2.45) is 4.99 Å². The van der Waals surface area contributed by atoms with Gasteiger partial charge in [0.15, 0.2) is 5.78 Å². The maximum Gasteiger partial charge on any atom is 0.160 e. The number of hydrogen-bond acceptors (Lipinski definition) is 5. The van der Waals surface area contributed by atoms with Crippen LogP contribution in [-0.2, 0) is 16.6 Å². The van der Waals surface area contributed by atoms with Crippen LogP contribution in [0.4, 0.5) is 17.1 Å². The molecular formula is C36H31BrClN3O2. The van der Waals surface area contributed by atoms with Gasteiger partial charge in [-0.1, -0.05) is 66.5 Å². The third-order valence-electron chi connectivity index (χ3n) is 6.93. The predicted octanol–water partition coefficient (Wildman–Crippen LogP) is 9.97. The summed E-state index contributed by atoms with van der Waals surface area (Å²) in [6.45, 7) is 6.13. The average molecular weight is 653 g/mol. The SMILES string of the molecule is CC(C)(C)c1cc(/C=C/C(=O)Cc2ccc(Br)cc2)cc(C=Nc2ccc(Nc3ccnc4cc(Cl)ccc34)cc2)c1O. The van der Waals surface area contributed by atoms with E-state index in [1.54, 1.807) is 24.6 Å². The fourth-order valence-corrected chi connectivity index (χ4v) is 5.09. The van der Waals surface area contributed by atoms with Gasteiger partial charge in [0.25, 0.3) is 0 Å². The lowest BCUT2D eigenvalue weighted by Gasteiger charge is -2.22.